The molecule has 0 bridgehead atoms. The second-order valence-electron chi connectivity index (χ2n) is 5.30. The standard InChI is InChI=1S/C15H18O5/c1-7(16)4-5-10-6-11(17)12-9(3)15(19)20-14(12)13(18)8(10)2/h4-6,8,11-14,17-18H,3H2,1-2H3/b5-4+/t8-,11+,12+,13-,14+/m1/s1. The summed E-state index contributed by atoms with van der Waals surface area (Å²) in [6.45, 7) is 6.80. The van der Waals surface area contributed by atoms with Gasteiger partial charge in [-0.25, -0.2) is 4.79 Å². The van der Waals surface area contributed by atoms with E-state index in [1.54, 1.807) is 19.1 Å². The Morgan fingerprint density at radius 2 is 2.10 bits per heavy atom. The minimum Gasteiger partial charge on any atom is -0.455 e. The van der Waals surface area contributed by atoms with Crippen LogP contribution < -0.4 is 0 Å². The predicted molar refractivity (Wildman–Crippen MR) is 71.6 cm³/mol. The van der Waals surface area contributed by atoms with Crippen LogP contribution in [0.1, 0.15) is 13.8 Å². The molecule has 0 unspecified atom stereocenters. The SMILES string of the molecule is C=C1C(=O)O[C@@H]2[C@H](O)[C@H](C)C(/C=C/C(C)=O)=C[C@H](O)[C@H]12. The molecule has 0 aromatic carbocycles. The van der Waals surface area contributed by atoms with Crippen LogP contribution in [-0.2, 0) is 14.3 Å². The van der Waals surface area contributed by atoms with E-state index in [1.807, 2.05) is 0 Å². The summed E-state index contributed by atoms with van der Waals surface area (Å²) in [5.74, 6) is -1.72. The van der Waals surface area contributed by atoms with Crippen molar-refractivity contribution >= 4 is 11.8 Å². The summed E-state index contributed by atoms with van der Waals surface area (Å²) in [6.07, 6.45) is 1.76. The molecule has 20 heavy (non-hydrogen) atoms. The quantitative estimate of drug-likeness (QED) is 0.568. The molecule has 0 amide bonds. The number of aliphatic hydroxyl groups is 2. The molecule has 0 radical (unpaired) electrons. The number of hydrogen-bond donors (Lipinski definition) is 2. The highest BCUT2D eigenvalue weighted by molar-refractivity contribution is 5.91. The number of ether oxygens (including phenoxy) is 1. The third kappa shape index (κ3) is 2.46. The molecule has 5 heteroatoms. The van der Waals surface area contributed by atoms with Gasteiger partial charge in [-0.1, -0.05) is 25.7 Å². The Labute approximate surface area is 117 Å². The molecule has 1 fully saturated rings. The maximum absolute atomic E-state index is 11.5. The smallest absolute Gasteiger partial charge is 0.334 e. The summed E-state index contributed by atoms with van der Waals surface area (Å²) in [4.78, 5) is 22.5. The first kappa shape index (κ1) is 14.7. The fraction of sp³-hybridized carbons (Fsp3) is 0.467. The molecule has 0 aromatic rings. The summed E-state index contributed by atoms with van der Waals surface area (Å²) in [6, 6.07) is 0. The van der Waals surface area contributed by atoms with E-state index in [0.717, 1.165) is 0 Å². The van der Waals surface area contributed by atoms with E-state index in [9.17, 15) is 19.8 Å². The second-order valence-corrected chi connectivity index (χ2v) is 5.30. The second kappa shape index (κ2) is 5.34. The lowest BCUT2D eigenvalue weighted by Gasteiger charge is -2.25. The van der Waals surface area contributed by atoms with Crippen molar-refractivity contribution in [2.45, 2.75) is 32.2 Å². The van der Waals surface area contributed by atoms with E-state index in [0.29, 0.717) is 5.57 Å². The lowest BCUT2D eigenvalue weighted by molar-refractivity contribution is -0.145. The maximum Gasteiger partial charge on any atom is 0.334 e. The molecule has 5 atom stereocenters. The van der Waals surface area contributed by atoms with Crippen molar-refractivity contribution in [3.63, 3.8) is 0 Å². The van der Waals surface area contributed by atoms with Gasteiger partial charge in [-0.05, 0) is 18.6 Å². The van der Waals surface area contributed by atoms with Gasteiger partial charge in [0.15, 0.2) is 5.78 Å². The van der Waals surface area contributed by atoms with Crippen LogP contribution in [-0.4, -0.2) is 40.3 Å². The van der Waals surface area contributed by atoms with Crippen LogP contribution in [0.5, 0.6) is 0 Å². The van der Waals surface area contributed by atoms with Crippen molar-refractivity contribution in [1.29, 1.82) is 0 Å². The highest BCUT2D eigenvalue weighted by Gasteiger charge is 2.49. The number of rotatable bonds is 2. The van der Waals surface area contributed by atoms with Crippen LogP contribution in [0.4, 0.5) is 0 Å². The van der Waals surface area contributed by atoms with Crippen LogP contribution in [0.25, 0.3) is 0 Å². The van der Waals surface area contributed by atoms with Crippen LogP contribution >= 0.6 is 0 Å². The average Bonchev–Trinajstić information content (AvgIpc) is 2.64. The van der Waals surface area contributed by atoms with Gasteiger partial charge >= 0.3 is 5.97 Å². The van der Waals surface area contributed by atoms with E-state index in [2.05, 4.69) is 6.58 Å². The van der Waals surface area contributed by atoms with Gasteiger partial charge in [0, 0.05) is 11.5 Å². The third-order valence-corrected chi connectivity index (χ3v) is 3.88. The molecule has 2 rings (SSSR count). The minimum atomic E-state index is -0.981. The molecule has 0 aromatic heterocycles. The van der Waals surface area contributed by atoms with Gasteiger partial charge in [0.25, 0.3) is 0 Å². The van der Waals surface area contributed by atoms with Gasteiger partial charge in [0.2, 0.25) is 0 Å². The fourth-order valence-electron chi connectivity index (χ4n) is 2.64. The third-order valence-electron chi connectivity index (χ3n) is 3.88. The van der Waals surface area contributed by atoms with Gasteiger partial charge in [0.05, 0.1) is 18.1 Å². The first-order valence-electron chi connectivity index (χ1n) is 6.49. The molecule has 1 aliphatic heterocycles. The van der Waals surface area contributed by atoms with Gasteiger partial charge in [-0.3, -0.25) is 4.79 Å². The van der Waals surface area contributed by atoms with Gasteiger partial charge in [-0.2, -0.15) is 0 Å². The van der Waals surface area contributed by atoms with Crippen molar-refractivity contribution in [2.24, 2.45) is 11.8 Å². The molecule has 0 saturated carbocycles. The summed E-state index contributed by atoms with van der Waals surface area (Å²) >= 11 is 0. The molecule has 1 heterocycles. The lowest BCUT2D eigenvalue weighted by atomic mass is 9.87. The predicted octanol–water partition coefficient (Wildman–Crippen LogP) is 0.527. The number of ketones is 1. The Morgan fingerprint density at radius 3 is 2.70 bits per heavy atom. The molecule has 1 saturated heterocycles. The highest BCUT2D eigenvalue weighted by atomic mass is 16.6. The molecular formula is C15H18O5. The zero-order chi connectivity index (χ0) is 15.0. The van der Waals surface area contributed by atoms with Gasteiger partial charge < -0.3 is 14.9 Å². The zero-order valence-corrected chi connectivity index (χ0v) is 11.4. The van der Waals surface area contributed by atoms with E-state index in [4.69, 9.17) is 4.74 Å². The first-order chi connectivity index (χ1) is 9.32. The molecule has 5 nitrogen and oxygen atoms in total. The van der Waals surface area contributed by atoms with Crippen molar-refractivity contribution < 1.29 is 24.5 Å². The lowest BCUT2D eigenvalue weighted by Crippen LogP contribution is -2.38. The van der Waals surface area contributed by atoms with Crippen molar-refractivity contribution in [3.05, 3.63) is 36.0 Å². The van der Waals surface area contributed by atoms with Crippen molar-refractivity contribution in [1.82, 2.24) is 0 Å². The van der Waals surface area contributed by atoms with Crippen LogP contribution in [0.15, 0.2) is 36.0 Å². The molecule has 2 N–H and O–H groups in total. The van der Waals surface area contributed by atoms with E-state index >= 15 is 0 Å². The Bertz CT molecular complexity index is 516. The normalized spacial score (nSPS) is 37.4. The summed E-state index contributed by atoms with van der Waals surface area (Å²) < 4.78 is 5.11. The Hall–Kier alpha value is -1.72. The first-order valence-corrected chi connectivity index (χ1v) is 6.49. The van der Waals surface area contributed by atoms with E-state index < -0.39 is 30.2 Å². The highest BCUT2D eigenvalue weighted by Crippen LogP contribution is 2.38. The number of hydrogen-bond acceptors (Lipinski definition) is 5. The molecular weight excluding hydrogens is 260 g/mol. The fourth-order valence-corrected chi connectivity index (χ4v) is 2.64. The van der Waals surface area contributed by atoms with E-state index in [-0.39, 0.29) is 17.3 Å². The number of carbonyl (C=O) groups is 2. The topological polar surface area (TPSA) is 83.8 Å². The number of carbonyl (C=O) groups excluding carboxylic acids is 2. The number of aliphatic hydroxyl groups excluding tert-OH is 2. The largest absolute Gasteiger partial charge is 0.455 e. The number of esters is 1. The molecule has 0 spiro atoms. The Morgan fingerprint density at radius 1 is 1.45 bits per heavy atom. The average molecular weight is 278 g/mol. The monoisotopic (exact) mass is 278 g/mol. The Kier molecular flexibility index (Phi) is 3.92. The summed E-state index contributed by atoms with van der Waals surface area (Å²) in [5.41, 5.74) is 0.806. The summed E-state index contributed by atoms with van der Waals surface area (Å²) in [5, 5.41) is 20.5. The van der Waals surface area contributed by atoms with Crippen LogP contribution in [0, 0.1) is 11.8 Å². The van der Waals surface area contributed by atoms with Crippen LogP contribution in [0.3, 0.4) is 0 Å². The van der Waals surface area contributed by atoms with Gasteiger partial charge in [0.1, 0.15) is 6.10 Å². The van der Waals surface area contributed by atoms with E-state index in [1.165, 1.54) is 13.0 Å². The van der Waals surface area contributed by atoms with Crippen molar-refractivity contribution in [2.75, 3.05) is 0 Å². The summed E-state index contributed by atoms with van der Waals surface area (Å²) in [7, 11) is 0. The van der Waals surface area contributed by atoms with Gasteiger partial charge in [-0.15, -0.1) is 0 Å². The molecule has 1 aliphatic carbocycles. The van der Waals surface area contributed by atoms with Crippen LogP contribution in [0.2, 0.25) is 0 Å². The van der Waals surface area contributed by atoms with Crippen molar-refractivity contribution in [3.8, 4) is 0 Å². The zero-order valence-electron chi connectivity index (χ0n) is 11.4. The number of fused-ring (bicyclic) bond motifs is 1. The molecule has 2 aliphatic rings. The number of allylic oxidation sites excluding steroid dienone is 2. The Balaban J connectivity index is 2.37. The molecule has 108 valence electrons. The minimum absolute atomic E-state index is 0.123. The maximum atomic E-state index is 11.5.